The van der Waals surface area contributed by atoms with E-state index in [0.29, 0.717) is 0 Å². The third-order valence-electron chi connectivity index (χ3n) is 2.20. The largest absolute Gasteiger partial charge is 0.396 e. The number of aliphatic imine (C=N–C) groups is 1. The van der Waals surface area contributed by atoms with Crippen LogP contribution in [-0.2, 0) is 0 Å². The van der Waals surface area contributed by atoms with Crippen LogP contribution in [0.1, 0.15) is 32.1 Å². The molecule has 1 fully saturated rings. The number of halogens is 3. The highest BCUT2D eigenvalue weighted by Gasteiger charge is 2.30. The predicted molar refractivity (Wildman–Crippen MR) is 47.7 cm³/mol. The van der Waals surface area contributed by atoms with Gasteiger partial charge in [-0.15, -0.1) is 0 Å². The Kier molecular flexibility index (Phi) is 3.74. The number of nitrogens with zero attached hydrogens (tertiary/aromatic N) is 1. The van der Waals surface area contributed by atoms with E-state index in [1.807, 2.05) is 5.43 Å². The van der Waals surface area contributed by atoms with Crippen LogP contribution in [0.5, 0.6) is 0 Å². The van der Waals surface area contributed by atoms with Crippen LogP contribution in [0.25, 0.3) is 0 Å². The molecule has 1 aliphatic rings. The van der Waals surface area contributed by atoms with Crippen LogP contribution in [0.2, 0.25) is 0 Å². The fraction of sp³-hybridized carbons (Fsp3) is 0.875. The Hall–Kier alpha value is -0.780. The maximum atomic E-state index is 12.0. The molecule has 0 saturated heterocycles. The summed E-state index contributed by atoms with van der Waals surface area (Å²) in [4.78, 5) is 3.94. The molecule has 6 heteroatoms. The summed E-state index contributed by atoms with van der Waals surface area (Å²) < 4.78 is 36.0. The van der Waals surface area contributed by atoms with Gasteiger partial charge in [0.15, 0.2) is 0 Å². The summed E-state index contributed by atoms with van der Waals surface area (Å²) in [5.41, 5.74) is 2.02. The van der Waals surface area contributed by atoms with E-state index in [1.165, 1.54) is 0 Å². The second kappa shape index (κ2) is 4.63. The molecule has 0 spiro atoms. The van der Waals surface area contributed by atoms with Crippen molar-refractivity contribution in [2.75, 3.05) is 0 Å². The molecule has 14 heavy (non-hydrogen) atoms. The van der Waals surface area contributed by atoms with E-state index in [2.05, 4.69) is 4.99 Å². The van der Waals surface area contributed by atoms with E-state index < -0.39 is 12.6 Å². The molecule has 0 heterocycles. The molecule has 0 radical (unpaired) electrons. The second-order valence-corrected chi connectivity index (χ2v) is 3.45. The Bertz CT molecular complexity index is 206. The van der Waals surface area contributed by atoms with Gasteiger partial charge in [0.25, 0.3) is 0 Å². The van der Waals surface area contributed by atoms with Crippen molar-refractivity contribution >= 4 is 5.84 Å². The van der Waals surface area contributed by atoms with Gasteiger partial charge in [-0.05, 0) is 12.8 Å². The lowest BCUT2D eigenvalue weighted by Crippen LogP contribution is -2.35. The van der Waals surface area contributed by atoms with E-state index in [4.69, 9.17) is 5.84 Å². The third-order valence-corrected chi connectivity index (χ3v) is 2.20. The van der Waals surface area contributed by atoms with Gasteiger partial charge in [-0.1, -0.05) is 12.8 Å². The molecule has 0 aromatic heterocycles. The first kappa shape index (κ1) is 11.3. The summed E-state index contributed by atoms with van der Waals surface area (Å²) in [5, 5.41) is 0. The molecule has 1 aliphatic carbocycles. The van der Waals surface area contributed by atoms with Gasteiger partial charge in [0.2, 0.25) is 0 Å². The first-order valence-electron chi connectivity index (χ1n) is 4.61. The normalized spacial score (nSPS) is 20.1. The molecular weight excluding hydrogens is 195 g/mol. The fourth-order valence-corrected chi connectivity index (χ4v) is 1.58. The lowest BCUT2D eigenvalue weighted by atomic mass is 10.2. The highest BCUT2D eigenvalue weighted by atomic mass is 19.4. The smallest absolute Gasteiger partial charge is 0.312 e. The zero-order valence-electron chi connectivity index (χ0n) is 7.77. The van der Waals surface area contributed by atoms with Crippen molar-refractivity contribution in [1.29, 1.82) is 0 Å². The van der Waals surface area contributed by atoms with Gasteiger partial charge in [-0.2, -0.15) is 13.2 Å². The summed E-state index contributed by atoms with van der Waals surface area (Å²) in [6, 6.07) is 0.0170. The van der Waals surface area contributed by atoms with E-state index in [1.54, 1.807) is 0 Å². The van der Waals surface area contributed by atoms with E-state index >= 15 is 0 Å². The zero-order chi connectivity index (χ0) is 10.6. The van der Waals surface area contributed by atoms with Gasteiger partial charge in [0.05, 0.1) is 6.04 Å². The molecular formula is C8H14F3N3. The topological polar surface area (TPSA) is 50.4 Å². The van der Waals surface area contributed by atoms with Crippen molar-refractivity contribution in [3.8, 4) is 0 Å². The predicted octanol–water partition coefficient (Wildman–Crippen LogP) is 1.74. The van der Waals surface area contributed by atoms with E-state index in [-0.39, 0.29) is 11.9 Å². The molecule has 0 aromatic carbocycles. The molecule has 0 bridgehead atoms. The maximum Gasteiger partial charge on any atom is 0.396 e. The van der Waals surface area contributed by atoms with Crippen molar-refractivity contribution in [3.63, 3.8) is 0 Å². The lowest BCUT2D eigenvalue weighted by molar-refractivity contribution is -0.121. The summed E-state index contributed by atoms with van der Waals surface area (Å²) in [6.45, 7) is 0. The number of alkyl halides is 3. The first-order chi connectivity index (χ1) is 6.51. The number of hydrazine groups is 1. The summed E-state index contributed by atoms with van der Waals surface area (Å²) in [5.74, 6) is 4.81. The van der Waals surface area contributed by atoms with Crippen molar-refractivity contribution in [1.82, 2.24) is 5.43 Å². The number of nitrogens with two attached hydrogens (primary N) is 1. The van der Waals surface area contributed by atoms with Crippen molar-refractivity contribution in [2.24, 2.45) is 10.8 Å². The van der Waals surface area contributed by atoms with Crippen molar-refractivity contribution in [3.05, 3.63) is 0 Å². The average Bonchev–Trinajstić information content (AvgIpc) is 2.53. The third kappa shape index (κ3) is 3.95. The van der Waals surface area contributed by atoms with Gasteiger partial charge in [-0.25, -0.2) is 5.84 Å². The highest BCUT2D eigenvalue weighted by molar-refractivity contribution is 5.82. The lowest BCUT2D eigenvalue weighted by Gasteiger charge is -2.11. The minimum Gasteiger partial charge on any atom is -0.312 e. The highest BCUT2D eigenvalue weighted by Crippen LogP contribution is 2.23. The van der Waals surface area contributed by atoms with Gasteiger partial charge in [-0.3, -0.25) is 4.99 Å². The van der Waals surface area contributed by atoms with Gasteiger partial charge in [0.1, 0.15) is 12.3 Å². The minimum atomic E-state index is -4.25. The molecule has 3 N–H and O–H groups in total. The van der Waals surface area contributed by atoms with Crippen molar-refractivity contribution in [2.45, 2.75) is 44.3 Å². The molecule has 0 aliphatic heterocycles. The Morgan fingerprint density at radius 3 is 2.36 bits per heavy atom. The first-order valence-corrected chi connectivity index (χ1v) is 4.61. The number of hydrogen-bond donors (Lipinski definition) is 2. The standard InChI is InChI=1S/C8H14F3N3/c9-8(10,11)5-7(14-12)13-6-3-1-2-4-6/h6H,1-5,12H2,(H,13,14). The van der Waals surface area contributed by atoms with Crippen LogP contribution in [0.3, 0.4) is 0 Å². The zero-order valence-corrected chi connectivity index (χ0v) is 7.77. The van der Waals surface area contributed by atoms with Crippen LogP contribution >= 0.6 is 0 Å². The van der Waals surface area contributed by atoms with E-state index in [0.717, 1.165) is 25.7 Å². The molecule has 0 aromatic rings. The maximum absolute atomic E-state index is 12.0. The number of hydrogen-bond acceptors (Lipinski definition) is 2. The summed E-state index contributed by atoms with van der Waals surface area (Å²) in [7, 11) is 0. The van der Waals surface area contributed by atoms with E-state index in [9.17, 15) is 13.2 Å². The number of amidine groups is 1. The van der Waals surface area contributed by atoms with Crippen LogP contribution in [0.4, 0.5) is 13.2 Å². The molecule has 0 amide bonds. The quantitative estimate of drug-likeness (QED) is 0.315. The Morgan fingerprint density at radius 2 is 1.93 bits per heavy atom. The fourth-order valence-electron chi connectivity index (χ4n) is 1.58. The minimum absolute atomic E-state index is 0.0170. The Balaban J connectivity index is 2.51. The van der Waals surface area contributed by atoms with Crippen LogP contribution in [0, 0.1) is 0 Å². The SMILES string of the molecule is NNC(CC(F)(F)F)=NC1CCCC1. The summed E-state index contributed by atoms with van der Waals surface area (Å²) >= 11 is 0. The molecule has 82 valence electrons. The van der Waals surface area contributed by atoms with Crippen molar-refractivity contribution < 1.29 is 13.2 Å². The average molecular weight is 209 g/mol. The van der Waals surface area contributed by atoms with Gasteiger partial charge >= 0.3 is 6.18 Å². The Labute approximate surface area is 80.5 Å². The number of rotatable bonds is 2. The second-order valence-electron chi connectivity index (χ2n) is 3.45. The van der Waals surface area contributed by atoms with Crippen LogP contribution in [0.15, 0.2) is 4.99 Å². The van der Waals surface area contributed by atoms with Gasteiger partial charge < -0.3 is 5.43 Å². The Morgan fingerprint density at radius 1 is 1.36 bits per heavy atom. The van der Waals surface area contributed by atoms with Crippen LogP contribution < -0.4 is 11.3 Å². The molecule has 1 rings (SSSR count). The summed E-state index contributed by atoms with van der Waals surface area (Å²) in [6.07, 6.45) is -1.51. The van der Waals surface area contributed by atoms with Crippen LogP contribution in [-0.4, -0.2) is 18.1 Å². The molecule has 0 atom stereocenters. The molecule has 0 unspecified atom stereocenters. The van der Waals surface area contributed by atoms with Gasteiger partial charge in [0, 0.05) is 0 Å². The number of nitrogens with one attached hydrogen (secondary N) is 1. The molecule has 3 nitrogen and oxygen atoms in total. The molecule has 1 saturated carbocycles. The monoisotopic (exact) mass is 209 g/mol.